The molecule has 3 aromatic rings. The van der Waals surface area contributed by atoms with Crippen molar-refractivity contribution in [1.82, 2.24) is 14.8 Å². The van der Waals surface area contributed by atoms with E-state index in [2.05, 4.69) is 10.1 Å². The molecule has 1 N–H and O–H groups in total. The zero-order chi connectivity index (χ0) is 20.6. The van der Waals surface area contributed by atoms with E-state index in [-0.39, 0.29) is 28.5 Å². The number of rotatable bonds is 4. The number of carbonyl (C=O) groups is 1. The summed E-state index contributed by atoms with van der Waals surface area (Å²) < 4.78 is 59.0. The van der Waals surface area contributed by atoms with Crippen LogP contribution in [0.5, 0.6) is 5.88 Å². The zero-order valence-corrected chi connectivity index (χ0v) is 14.6. The number of hydrogen-bond acceptors (Lipinski definition) is 4. The maximum Gasteiger partial charge on any atom is 0.419 e. The first-order valence-electron chi connectivity index (χ1n) is 7.84. The van der Waals surface area contributed by atoms with Gasteiger partial charge in [0.2, 0.25) is 5.88 Å². The van der Waals surface area contributed by atoms with Crippen molar-refractivity contribution < 1.29 is 32.2 Å². The SMILES string of the molecule is COc1cc(-c2c(C)c(C(=O)O)nn2-c2ccc(F)c(C(F)(F)F)c2)ccn1. The van der Waals surface area contributed by atoms with Crippen molar-refractivity contribution in [1.29, 1.82) is 0 Å². The second-order valence-corrected chi connectivity index (χ2v) is 5.79. The standard InChI is InChI=1S/C18H13F4N3O3/c1-9-15(17(26)27)24-25(16(9)10-5-6-23-14(7-10)28-2)11-3-4-13(19)12(8-11)18(20,21)22/h3-8H,1-2H3,(H,26,27). The predicted molar refractivity (Wildman–Crippen MR) is 90.0 cm³/mol. The van der Waals surface area contributed by atoms with Crippen LogP contribution in [-0.2, 0) is 6.18 Å². The molecule has 6 nitrogen and oxygen atoms in total. The third kappa shape index (κ3) is 3.40. The van der Waals surface area contributed by atoms with Crippen LogP contribution in [0.15, 0.2) is 36.5 Å². The molecule has 1 aromatic carbocycles. The number of halogens is 4. The first-order chi connectivity index (χ1) is 13.1. The van der Waals surface area contributed by atoms with Crippen molar-refractivity contribution in [2.24, 2.45) is 0 Å². The fourth-order valence-corrected chi connectivity index (χ4v) is 2.76. The number of methoxy groups -OCH3 is 1. The van der Waals surface area contributed by atoms with Gasteiger partial charge in [-0.2, -0.15) is 18.3 Å². The molecule has 0 aliphatic heterocycles. The number of pyridine rings is 1. The summed E-state index contributed by atoms with van der Waals surface area (Å²) in [5, 5.41) is 13.3. The van der Waals surface area contributed by atoms with Gasteiger partial charge in [0, 0.05) is 23.4 Å². The lowest BCUT2D eigenvalue weighted by atomic mass is 10.1. The van der Waals surface area contributed by atoms with Crippen LogP contribution in [0.4, 0.5) is 17.6 Å². The topological polar surface area (TPSA) is 77.2 Å². The fraction of sp³-hybridized carbons (Fsp3) is 0.167. The molecule has 2 heterocycles. The van der Waals surface area contributed by atoms with Crippen molar-refractivity contribution in [3.05, 3.63) is 59.2 Å². The van der Waals surface area contributed by atoms with Crippen LogP contribution in [-0.4, -0.2) is 33.0 Å². The Morgan fingerprint density at radius 2 is 1.93 bits per heavy atom. The second-order valence-electron chi connectivity index (χ2n) is 5.79. The van der Waals surface area contributed by atoms with E-state index in [9.17, 15) is 27.5 Å². The molecule has 0 spiro atoms. The Balaban J connectivity index is 2.30. The molecule has 0 radical (unpaired) electrons. The van der Waals surface area contributed by atoms with E-state index < -0.39 is 23.5 Å². The van der Waals surface area contributed by atoms with Gasteiger partial charge in [-0.1, -0.05) is 0 Å². The lowest BCUT2D eigenvalue weighted by molar-refractivity contribution is -0.140. The summed E-state index contributed by atoms with van der Waals surface area (Å²) in [6.45, 7) is 1.48. The van der Waals surface area contributed by atoms with Gasteiger partial charge in [0.15, 0.2) is 5.69 Å². The molecule has 146 valence electrons. The molecule has 0 unspecified atom stereocenters. The third-order valence-corrected chi connectivity index (χ3v) is 4.04. The van der Waals surface area contributed by atoms with E-state index in [1.807, 2.05) is 0 Å². The number of hydrogen-bond donors (Lipinski definition) is 1. The Hall–Kier alpha value is -3.43. The average molecular weight is 395 g/mol. The summed E-state index contributed by atoms with van der Waals surface area (Å²) >= 11 is 0. The molecule has 10 heteroatoms. The molecule has 0 aliphatic carbocycles. The average Bonchev–Trinajstić information content (AvgIpc) is 2.98. The molecule has 0 saturated carbocycles. The number of aromatic carboxylic acids is 1. The normalized spacial score (nSPS) is 11.5. The number of nitrogens with zero attached hydrogens (tertiary/aromatic N) is 3. The van der Waals surface area contributed by atoms with Crippen LogP contribution in [0, 0.1) is 12.7 Å². The lowest BCUT2D eigenvalue weighted by Gasteiger charge is -2.13. The molecule has 0 aliphatic rings. The summed E-state index contributed by atoms with van der Waals surface area (Å²) in [6, 6.07) is 5.34. The van der Waals surface area contributed by atoms with Crippen LogP contribution >= 0.6 is 0 Å². The van der Waals surface area contributed by atoms with E-state index in [0.717, 1.165) is 10.7 Å². The minimum absolute atomic E-state index is 0.143. The summed E-state index contributed by atoms with van der Waals surface area (Å²) in [4.78, 5) is 15.4. The predicted octanol–water partition coefficient (Wildman–Crippen LogP) is 4.11. The van der Waals surface area contributed by atoms with Crippen LogP contribution in [0.1, 0.15) is 21.6 Å². The van der Waals surface area contributed by atoms with Gasteiger partial charge in [-0.25, -0.2) is 18.9 Å². The summed E-state index contributed by atoms with van der Waals surface area (Å²) in [5.41, 5.74) is -1.11. The first-order valence-corrected chi connectivity index (χ1v) is 7.84. The molecular formula is C18H13F4N3O3. The highest BCUT2D eigenvalue weighted by Gasteiger charge is 2.35. The monoisotopic (exact) mass is 395 g/mol. The lowest BCUT2D eigenvalue weighted by Crippen LogP contribution is -2.10. The van der Waals surface area contributed by atoms with Crippen molar-refractivity contribution in [3.8, 4) is 22.8 Å². The fourth-order valence-electron chi connectivity index (χ4n) is 2.76. The summed E-state index contributed by atoms with van der Waals surface area (Å²) in [6.07, 6.45) is -3.52. The Morgan fingerprint density at radius 1 is 1.21 bits per heavy atom. The quantitative estimate of drug-likeness (QED) is 0.673. The zero-order valence-electron chi connectivity index (χ0n) is 14.6. The highest BCUT2D eigenvalue weighted by Crippen LogP contribution is 2.35. The number of ether oxygens (including phenoxy) is 1. The third-order valence-electron chi connectivity index (χ3n) is 4.04. The Morgan fingerprint density at radius 3 is 2.54 bits per heavy atom. The van der Waals surface area contributed by atoms with E-state index in [1.165, 1.54) is 32.4 Å². The largest absolute Gasteiger partial charge is 0.481 e. The van der Waals surface area contributed by atoms with Crippen molar-refractivity contribution in [2.75, 3.05) is 7.11 Å². The summed E-state index contributed by atoms with van der Waals surface area (Å²) in [5.74, 6) is -2.57. The van der Waals surface area contributed by atoms with Crippen molar-refractivity contribution in [2.45, 2.75) is 13.1 Å². The molecule has 0 fully saturated rings. The molecule has 0 bridgehead atoms. The van der Waals surface area contributed by atoms with E-state index in [1.54, 1.807) is 0 Å². The van der Waals surface area contributed by atoms with Gasteiger partial charge in [-0.05, 0) is 31.2 Å². The van der Waals surface area contributed by atoms with E-state index in [0.29, 0.717) is 17.7 Å². The molecule has 0 atom stereocenters. The number of aromatic nitrogens is 3. The van der Waals surface area contributed by atoms with Gasteiger partial charge in [0.1, 0.15) is 5.82 Å². The second kappa shape index (κ2) is 6.95. The van der Waals surface area contributed by atoms with Crippen LogP contribution in [0.3, 0.4) is 0 Å². The molecule has 0 amide bonds. The highest BCUT2D eigenvalue weighted by molar-refractivity contribution is 5.90. The van der Waals surface area contributed by atoms with Crippen molar-refractivity contribution in [3.63, 3.8) is 0 Å². The van der Waals surface area contributed by atoms with Crippen LogP contribution in [0.2, 0.25) is 0 Å². The van der Waals surface area contributed by atoms with Gasteiger partial charge < -0.3 is 9.84 Å². The maximum atomic E-state index is 13.6. The molecule has 0 saturated heterocycles. The summed E-state index contributed by atoms with van der Waals surface area (Å²) in [7, 11) is 1.38. The van der Waals surface area contributed by atoms with Gasteiger partial charge in [-0.3, -0.25) is 0 Å². The number of benzene rings is 1. The van der Waals surface area contributed by atoms with E-state index >= 15 is 0 Å². The smallest absolute Gasteiger partial charge is 0.419 e. The molecule has 3 rings (SSSR count). The van der Waals surface area contributed by atoms with Gasteiger partial charge in [-0.15, -0.1) is 0 Å². The Kier molecular flexibility index (Phi) is 4.80. The first kappa shape index (κ1) is 19.3. The number of carboxylic acid groups (broad SMARTS) is 1. The van der Waals surface area contributed by atoms with Crippen LogP contribution in [0.25, 0.3) is 16.9 Å². The highest BCUT2D eigenvalue weighted by atomic mass is 19.4. The number of alkyl halides is 3. The van der Waals surface area contributed by atoms with E-state index in [4.69, 9.17) is 4.74 Å². The van der Waals surface area contributed by atoms with Gasteiger partial charge in [0.25, 0.3) is 0 Å². The van der Waals surface area contributed by atoms with Crippen LogP contribution < -0.4 is 4.74 Å². The molecule has 2 aromatic heterocycles. The molecule has 28 heavy (non-hydrogen) atoms. The number of carboxylic acids is 1. The van der Waals surface area contributed by atoms with Crippen molar-refractivity contribution >= 4 is 5.97 Å². The minimum Gasteiger partial charge on any atom is -0.481 e. The molecular weight excluding hydrogens is 382 g/mol. The minimum atomic E-state index is -4.92. The maximum absolute atomic E-state index is 13.6. The Bertz CT molecular complexity index is 1060. The van der Waals surface area contributed by atoms with Gasteiger partial charge in [0.05, 0.1) is 24.1 Å². The Labute approximate surface area is 156 Å². The van der Waals surface area contributed by atoms with Gasteiger partial charge >= 0.3 is 12.1 Å².